The number of ether oxygens (including phenoxy) is 1. The molecule has 1 aromatic carbocycles. The predicted octanol–water partition coefficient (Wildman–Crippen LogP) is 5.04. The zero-order chi connectivity index (χ0) is 21.5. The van der Waals surface area contributed by atoms with E-state index in [1.54, 1.807) is 0 Å². The molecule has 4 aliphatic rings. The number of nitrogens with zero attached hydrogens (tertiary/aromatic N) is 1. The molecule has 166 valence electrons. The van der Waals surface area contributed by atoms with Gasteiger partial charge in [0.25, 0.3) is 0 Å². The number of carbonyl (C=O) groups excluding carboxylic acids is 1. The maximum atomic E-state index is 13.6. The van der Waals surface area contributed by atoms with E-state index in [4.69, 9.17) is 4.74 Å². The van der Waals surface area contributed by atoms with Crippen LogP contribution in [0.1, 0.15) is 61.9 Å². The highest BCUT2D eigenvalue weighted by Gasteiger charge is 2.54. The minimum atomic E-state index is -1.49. The molecule has 0 radical (unpaired) electrons. The fourth-order valence-electron chi connectivity index (χ4n) is 6.43. The molecule has 1 saturated carbocycles. The van der Waals surface area contributed by atoms with Gasteiger partial charge in [0.05, 0.1) is 13.1 Å². The van der Waals surface area contributed by atoms with Crippen LogP contribution in [0.5, 0.6) is 0 Å². The summed E-state index contributed by atoms with van der Waals surface area (Å²) in [6, 6.07) is 14.9. The molecule has 3 atom stereocenters. The van der Waals surface area contributed by atoms with Gasteiger partial charge in [-0.3, -0.25) is 0 Å². The summed E-state index contributed by atoms with van der Waals surface area (Å²) in [5.74, 6) is -0.0275. The van der Waals surface area contributed by atoms with E-state index in [9.17, 15) is 9.90 Å². The van der Waals surface area contributed by atoms with Gasteiger partial charge < -0.3 is 14.3 Å². The molecular formula is C26H34NO3S+. The number of quaternary nitrogens is 1. The Labute approximate surface area is 189 Å². The van der Waals surface area contributed by atoms with Gasteiger partial charge >= 0.3 is 5.97 Å². The first-order chi connectivity index (χ1) is 15.0. The first-order valence-electron chi connectivity index (χ1n) is 11.9. The molecule has 4 heterocycles. The number of hydrogen-bond donors (Lipinski definition) is 1. The Morgan fingerprint density at radius 2 is 1.81 bits per heavy atom. The van der Waals surface area contributed by atoms with Crippen molar-refractivity contribution in [3.05, 3.63) is 58.3 Å². The average Bonchev–Trinajstić information content (AvgIpc) is 3.54. The van der Waals surface area contributed by atoms with Crippen LogP contribution in [0.4, 0.5) is 0 Å². The largest absolute Gasteiger partial charge is 0.454 e. The number of carbonyl (C=O) groups is 1. The summed E-state index contributed by atoms with van der Waals surface area (Å²) in [6.45, 7) is 5.47. The maximum Gasteiger partial charge on any atom is 0.344 e. The summed E-state index contributed by atoms with van der Waals surface area (Å²) in [5.41, 5.74) is -0.138. The molecule has 1 aliphatic carbocycles. The molecule has 1 N–H and O–H groups in total. The monoisotopic (exact) mass is 440 g/mol. The number of benzene rings is 1. The van der Waals surface area contributed by atoms with Crippen molar-refractivity contribution in [3.8, 4) is 0 Å². The van der Waals surface area contributed by atoms with E-state index in [0.717, 1.165) is 67.5 Å². The molecular weight excluding hydrogens is 406 g/mol. The summed E-state index contributed by atoms with van der Waals surface area (Å²) < 4.78 is 7.23. The molecule has 5 heteroatoms. The quantitative estimate of drug-likeness (QED) is 0.506. The second-order valence-corrected chi connectivity index (χ2v) is 10.9. The molecule has 3 aliphatic heterocycles. The first-order valence-corrected chi connectivity index (χ1v) is 12.8. The van der Waals surface area contributed by atoms with Crippen LogP contribution < -0.4 is 0 Å². The first kappa shape index (κ1) is 21.2. The lowest BCUT2D eigenvalue weighted by atomic mass is 9.80. The van der Waals surface area contributed by atoms with Gasteiger partial charge in [-0.25, -0.2) is 4.79 Å². The molecule has 3 saturated heterocycles. The molecule has 2 bridgehead atoms. The van der Waals surface area contributed by atoms with Gasteiger partial charge in [0, 0.05) is 35.1 Å². The van der Waals surface area contributed by atoms with Gasteiger partial charge in [0.15, 0.2) is 11.7 Å². The van der Waals surface area contributed by atoms with Crippen molar-refractivity contribution >= 4 is 17.3 Å². The Bertz CT molecular complexity index is 885. The smallest absolute Gasteiger partial charge is 0.344 e. The number of fused-ring (bicyclic) bond motifs is 3. The van der Waals surface area contributed by atoms with Crippen molar-refractivity contribution in [2.45, 2.75) is 63.2 Å². The topological polar surface area (TPSA) is 46.5 Å². The van der Waals surface area contributed by atoms with Crippen molar-refractivity contribution < 1.29 is 19.1 Å². The molecule has 31 heavy (non-hydrogen) atoms. The van der Waals surface area contributed by atoms with Crippen molar-refractivity contribution in [3.63, 3.8) is 0 Å². The second-order valence-electron chi connectivity index (χ2n) is 9.94. The molecule has 6 rings (SSSR count). The van der Waals surface area contributed by atoms with Crippen LogP contribution in [-0.2, 0) is 15.1 Å². The van der Waals surface area contributed by atoms with Gasteiger partial charge in [-0.2, -0.15) is 0 Å². The third-order valence-electron chi connectivity index (χ3n) is 8.48. The zero-order valence-electron chi connectivity index (χ0n) is 18.4. The van der Waals surface area contributed by atoms with Crippen LogP contribution in [0.2, 0.25) is 0 Å². The number of esters is 1. The predicted molar refractivity (Wildman–Crippen MR) is 122 cm³/mol. The number of rotatable bonds is 6. The highest BCUT2D eigenvalue weighted by molar-refractivity contribution is 7.10. The average molecular weight is 441 g/mol. The normalized spacial score (nSPS) is 31.3. The van der Waals surface area contributed by atoms with Crippen LogP contribution in [0.3, 0.4) is 0 Å². The summed E-state index contributed by atoms with van der Waals surface area (Å²) >= 11 is 1.47. The number of thiophene rings is 1. The Balaban J connectivity index is 1.37. The number of aliphatic hydroxyl groups is 1. The van der Waals surface area contributed by atoms with E-state index in [0.29, 0.717) is 12.0 Å². The van der Waals surface area contributed by atoms with Crippen molar-refractivity contribution in [2.24, 2.45) is 11.8 Å². The van der Waals surface area contributed by atoms with Crippen LogP contribution in [0, 0.1) is 11.8 Å². The fourth-order valence-corrected chi connectivity index (χ4v) is 7.32. The van der Waals surface area contributed by atoms with Crippen molar-refractivity contribution in [1.29, 1.82) is 0 Å². The highest BCUT2D eigenvalue weighted by Crippen LogP contribution is 2.46. The van der Waals surface area contributed by atoms with Gasteiger partial charge in [-0.05, 0) is 31.2 Å². The molecule has 4 nitrogen and oxygen atoms in total. The lowest BCUT2D eigenvalue weighted by Gasteiger charge is -2.55. The van der Waals surface area contributed by atoms with E-state index in [-0.39, 0.29) is 12.0 Å². The minimum absolute atomic E-state index is 0.0360. The highest BCUT2D eigenvalue weighted by atomic mass is 32.1. The van der Waals surface area contributed by atoms with Crippen LogP contribution in [-0.4, -0.2) is 41.3 Å². The molecule has 2 aromatic rings. The third-order valence-corrected chi connectivity index (χ3v) is 9.47. The fraction of sp³-hybridized carbons (Fsp3) is 0.577. The van der Waals surface area contributed by atoms with Crippen LogP contribution in [0.25, 0.3) is 0 Å². The number of piperidine rings is 3. The van der Waals surface area contributed by atoms with Gasteiger partial charge in [-0.1, -0.05) is 49.2 Å². The summed E-state index contributed by atoms with van der Waals surface area (Å²) in [5, 5.41) is 13.7. The Morgan fingerprint density at radius 1 is 1.10 bits per heavy atom. The summed E-state index contributed by atoms with van der Waals surface area (Å²) in [4.78, 5) is 14.3. The molecule has 0 amide bonds. The van der Waals surface area contributed by atoms with Crippen LogP contribution >= 0.6 is 11.3 Å². The minimum Gasteiger partial charge on any atom is -0.454 e. The van der Waals surface area contributed by atoms with E-state index < -0.39 is 11.6 Å². The molecule has 4 fully saturated rings. The Kier molecular flexibility index (Phi) is 5.70. The SMILES string of the molecule is CC(c1ccccc1)[N+]12CCC(CC1)[C@@H](OC(=O)[C@](O)(c1cccs1)C1CCCC1)C2. The van der Waals surface area contributed by atoms with E-state index in [1.807, 2.05) is 17.5 Å². The van der Waals surface area contributed by atoms with Crippen molar-refractivity contribution in [2.75, 3.05) is 19.6 Å². The lowest BCUT2D eigenvalue weighted by molar-refractivity contribution is -0.972. The second kappa shape index (κ2) is 8.34. The summed E-state index contributed by atoms with van der Waals surface area (Å²) in [6.07, 6.45) is 6.02. The standard InChI is InChI=1S/C26H34NO3S/c1-19(20-8-3-2-4-9-20)27-15-13-21(14-16-27)23(18-27)30-25(28)26(29,22-10-5-6-11-22)24-12-7-17-31-24/h2-4,7-9,12,17,19,21-23,29H,5-6,10-11,13-16,18H2,1H3/q+1/t19?,21?,23-,26+,27?/m0/s1. The van der Waals surface area contributed by atoms with Gasteiger partial charge in [0.1, 0.15) is 12.6 Å². The molecule has 1 aromatic heterocycles. The Morgan fingerprint density at radius 3 is 2.45 bits per heavy atom. The zero-order valence-corrected chi connectivity index (χ0v) is 19.2. The Hall–Kier alpha value is -1.69. The van der Waals surface area contributed by atoms with Gasteiger partial charge in [-0.15, -0.1) is 11.3 Å². The van der Waals surface area contributed by atoms with Crippen molar-refractivity contribution in [1.82, 2.24) is 0 Å². The summed E-state index contributed by atoms with van der Waals surface area (Å²) in [7, 11) is 0. The lowest BCUT2D eigenvalue weighted by Crippen LogP contribution is -2.65. The maximum absolute atomic E-state index is 13.6. The van der Waals surface area contributed by atoms with E-state index in [1.165, 1.54) is 16.9 Å². The van der Waals surface area contributed by atoms with E-state index in [2.05, 4.69) is 37.3 Å². The third kappa shape index (κ3) is 3.65. The molecule has 1 unspecified atom stereocenters. The van der Waals surface area contributed by atoms with Crippen LogP contribution in [0.15, 0.2) is 47.8 Å². The number of hydrogen-bond acceptors (Lipinski definition) is 4. The molecule has 0 spiro atoms. The van der Waals surface area contributed by atoms with E-state index >= 15 is 0 Å². The van der Waals surface area contributed by atoms with Gasteiger partial charge in [0.2, 0.25) is 0 Å².